The second-order valence-corrected chi connectivity index (χ2v) is 5.67. The fourth-order valence-electron chi connectivity index (χ4n) is 2.47. The van der Waals surface area contributed by atoms with Gasteiger partial charge in [-0.3, -0.25) is 4.79 Å². The van der Waals surface area contributed by atoms with E-state index < -0.39 is 0 Å². The number of amides is 1. The maximum atomic E-state index is 11.8. The molecule has 0 aromatic heterocycles. The molecule has 120 valence electrons. The van der Waals surface area contributed by atoms with E-state index in [4.69, 9.17) is 0 Å². The average Bonchev–Trinajstić information content (AvgIpc) is 2.92. The van der Waals surface area contributed by atoms with Crippen molar-refractivity contribution < 1.29 is 4.79 Å². The molecule has 0 saturated carbocycles. The van der Waals surface area contributed by atoms with Crippen LogP contribution in [0.2, 0.25) is 0 Å². The number of likely N-dealkylation sites (N-methyl/N-ethyl adjacent to an activating group) is 1. The van der Waals surface area contributed by atoms with Gasteiger partial charge in [0.15, 0.2) is 0 Å². The lowest BCUT2D eigenvalue weighted by Crippen LogP contribution is -2.42. The Bertz CT molecular complexity index is 256. The molecule has 1 fully saturated rings. The van der Waals surface area contributed by atoms with Crippen LogP contribution >= 0.6 is 0 Å². The van der Waals surface area contributed by atoms with Gasteiger partial charge in [0.25, 0.3) is 0 Å². The largest absolute Gasteiger partial charge is 0.347 e. The zero-order chi connectivity index (χ0) is 15.5. The third-order valence-corrected chi connectivity index (χ3v) is 3.73. The van der Waals surface area contributed by atoms with Crippen molar-refractivity contribution in [3.63, 3.8) is 0 Å². The summed E-state index contributed by atoms with van der Waals surface area (Å²) in [5.41, 5.74) is 0. The van der Waals surface area contributed by atoms with Gasteiger partial charge in [-0.2, -0.15) is 0 Å². The molecule has 1 heterocycles. The number of nitrogens with one attached hydrogen (secondary N) is 1. The van der Waals surface area contributed by atoms with Crippen LogP contribution in [-0.2, 0) is 4.79 Å². The van der Waals surface area contributed by atoms with E-state index in [0.717, 1.165) is 25.8 Å². The molecule has 1 aliphatic heterocycles. The monoisotopic (exact) mass is 285 g/mol. The second-order valence-electron chi connectivity index (χ2n) is 5.67. The molecule has 1 aliphatic rings. The summed E-state index contributed by atoms with van der Waals surface area (Å²) >= 11 is 0. The molecule has 2 atom stereocenters. The van der Waals surface area contributed by atoms with Gasteiger partial charge >= 0.3 is 0 Å². The van der Waals surface area contributed by atoms with E-state index in [9.17, 15) is 4.79 Å². The Labute approximate surface area is 125 Å². The molecule has 1 rings (SSSR count). The number of hydrogen-bond donors (Lipinski definition) is 1. The molecule has 0 aromatic carbocycles. The lowest BCUT2D eigenvalue weighted by molar-refractivity contribution is -0.130. The lowest BCUT2D eigenvalue weighted by atomic mass is 10.1. The van der Waals surface area contributed by atoms with Crippen molar-refractivity contribution in [1.82, 2.24) is 15.1 Å². The van der Waals surface area contributed by atoms with Crippen LogP contribution in [0.3, 0.4) is 0 Å². The summed E-state index contributed by atoms with van der Waals surface area (Å²) in [6.07, 6.45) is 5.80. The smallest absolute Gasteiger partial charge is 0.239 e. The van der Waals surface area contributed by atoms with Crippen molar-refractivity contribution in [1.29, 1.82) is 0 Å². The molecular formula is C16H35N3O. The van der Waals surface area contributed by atoms with Gasteiger partial charge in [0.05, 0.1) is 6.04 Å². The minimum atomic E-state index is 0.0472. The number of nitrogens with zero attached hydrogens (tertiary/aromatic N) is 2. The third kappa shape index (κ3) is 7.25. The van der Waals surface area contributed by atoms with Gasteiger partial charge in [-0.05, 0) is 45.8 Å². The number of hydrogen-bond acceptors (Lipinski definition) is 3. The van der Waals surface area contributed by atoms with Crippen molar-refractivity contribution in [2.45, 2.75) is 65.0 Å². The van der Waals surface area contributed by atoms with Gasteiger partial charge in [0.2, 0.25) is 5.91 Å². The van der Waals surface area contributed by atoms with Crippen LogP contribution in [0.4, 0.5) is 0 Å². The zero-order valence-electron chi connectivity index (χ0n) is 14.4. The molecular weight excluding hydrogens is 250 g/mol. The Morgan fingerprint density at radius 3 is 2.35 bits per heavy atom. The fraction of sp³-hybridized carbons (Fsp3) is 0.938. The number of unbranched alkanes of at least 4 members (excludes halogenated alkanes) is 1. The van der Waals surface area contributed by atoms with Crippen molar-refractivity contribution in [2.24, 2.45) is 0 Å². The maximum absolute atomic E-state index is 11.8. The maximum Gasteiger partial charge on any atom is 0.239 e. The first-order valence-corrected chi connectivity index (χ1v) is 8.20. The normalized spacial score (nSPS) is 21.6. The summed E-state index contributed by atoms with van der Waals surface area (Å²) in [5.74, 6) is 0.219. The standard InChI is InChI=1S/C14H29N3O.C2H6/c1-5-6-10-17(4)11-9-12-7-8-13(15-12)14(18)16(2)3;1-2/h12-13,15H,5-11H2,1-4H3;1-2H3. The molecule has 0 aliphatic carbocycles. The molecule has 0 bridgehead atoms. The van der Waals surface area contributed by atoms with E-state index in [2.05, 4.69) is 24.2 Å². The van der Waals surface area contributed by atoms with E-state index >= 15 is 0 Å². The highest BCUT2D eigenvalue weighted by atomic mass is 16.2. The summed E-state index contributed by atoms with van der Waals surface area (Å²) in [7, 11) is 5.85. The highest BCUT2D eigenvalue weighted by Gasteiger charge is 2.29. The minimum absolute atomic E-state index is 0.0472. The molecule has 1 saturated heterocycles. The van der Waals surface area contributed by atoms with Crippen LogP contribution in [-0.4, -0.2) is 62.0 Å². The number of carbonyl (C=O) groups is 1. The molecule has 2 unspecified atom stereocenters. The molecule has 1 amide bonds. The molecule has 4 nitrogen and oxygen atoms in total. The molecule has 0 aromatic rings. The van der Waals surface area contributed by atoms with Crippen LogP contribution in [0, 0.1) is 0 Å². The summed E-state index contributed by atoms with van der Waals surface area (Å²) in [5, 5.41) is 3.47. The first-order valence-electron chi connectivity index (χ1n) is 8.20. The highest BCUT2D eigenvalue weighted by Crippen LogP contribution is 2.16. The van der Waals surface area contributed by atoms with Gasteiger partial charge in [0.1, 0.15) is 0 Å². The predicted molar refractivity (Wildman–Crippen MR) is 87.0 cm³/mol. The van der Waals surface area contributed by atoms with Gasteiger partial charge < -0.3 is 15.1 Å². The van der Waals surface area contributed by atoms with E-state index in [1.165, 1.54) is 19.4 Å². The number of rotatable bonds is 7. The Morgan fingerprint density at radius 1 is 1.15 bits per heavy atom. The van der Waals surface area contributed by atoms with E-state index in [0.29, 0.717) is 6.04 Å². The predicted octanol–water partition coefficient (Wildman–Crippen LogP) is 2.34. The van der Waals surface area contributed by atoms with Gasteiger partial charge in [-0.15, -0.1) is 0 Å². The van der Waals surface area contributed by atoms with Crippen molar-refractivity contribution in [3.8, 4) is 0 Å². The van der Waals surface area contributed by atoms with E-state index in [1.807, 2.05) is 27.9 Å². The second kappa shape index (κ2) is 11.1. The molecule has 0 radical (unpaired) electrons. The van der Waals surface area contributed by atoms with Crippen molar-refractivity contribution in [2.75, 3.05) is 34.2 Å². The summed E-state index contributed by atoms with van der Waals surface area (Å²) < 4.78 is 0. The third-order valence-electron chi connectivity index (χ3n) is 3.73. The highest BCUT2D eigenvalue weighted by molar-refractivity contribution is 5.81. The average molecular weight is 285 g/mol. The zero-order valence-corrected chi connectivity index (χ0v) is 14.4. The van der Waals surface area contributed by atoms with Crippen molar-refractivity contribution in [3.05, 3.63) is 0 Å². The Hall–Kier alpha value is -0.610. The Kier molecular flexibility index (Phi) is 10.8. The first kappa shape index (κ1) is 19.4. The molecule has 4 heteroatoms. The quantitative estimate of drug-likeness (QED) is 0.780. The van der Waals surface area contributed by atoms with Crippen LogP contribution in [0.15, 0.2) is 0 Å². The topological polar surface area (TPSA) is 35.6 Å². The fourth-order valence-corrected chi connectivity index (χ4v) is 2.47. The molecule has 1 N–H and O–H groups in total. The van der Waals surface area contributed by atoms with Crippen LogP contribution in [0.1, 0.15) is 52.9 Å². The van der Waals surface area contributed by atoms with Gasteiger partial charge in [0, 0.05) is 20.1 Å². The number of carbonyl (C=O) groups excluding carboxylic acids is 1. The lowest BCUT2D eigenvalue weighted by Gasteiger charge is -2.20. The van der Waals surface area contributed by atoms with Crippen LogP contribution in [0.5, 0.6) is 0 Å². The summed E-state index contributed by atoms with van der Waals surface area (Å²) in [6.45, 7) is 8.54. The molecule has 0 spiro atoms. The Balaban J connectivity index is 0.00000172. The Morgan fingerprint density at radius 2 is 1.80 bits per heavy atom. The SMILES string of the molecule is CC.CCCCN(C)CCC1CCC(C(=O)N(C)C)N1. The van der Waals surface area contributed by atoms with Crippen LogP contribution < -0.4 is 5.32 Å². The van der Waals surface area contributed by atoms with E-state index in [-0.39, 0.29) is 11.9 Å². The van der Waals surface area contributed by atoms with Gasteiger partial charge in [-0.1, -0.05) is 27.2 Å². The van der Waals surface area contributed by atoms with Crippen LogP contribution in [0.25, 0.3) is 0 Å². The minimum Gasteiger partial charge on any atom is -0.347 e. The van der Waals surface area contributed by atoms with E-state index in [1.54, 1.807) is 4.90 Å². The van der Waals surface area contributed by atoms with Crippen molar-refractivity contribution >= 4 is 5.91 Å². The molecule has 20 heavy (non-hydrogen) atoms. The summed E-state index contributed by atoms with van der Waals surface area (Å²) in [6, 6.07) is 0.564. The van der Waals surface area contributed by atoms with Gasteiger partial charge in [-0.25, -0.2) is 0 Å². The first-order chi connectivity index (χ1) is 9.54. The summed E-state index contributed by atoms with van der Waals surface area (Å²) in [4.78, 5) is 15.9.